The van der Waals surface area contributed by atoms with Crippen molar-refractivity contribution >= 4 is 6.09 Å². The largest absolute Gasteiger partial charge is 0.438 e. The van der Waals surface area contributed by atoms with Gasteiger partial charge in [0.1, 0.15) is 23.1 Å². The lowest BCUT2D eigenvalue weighted by Gasteiger charge is -2.43. The van der Waals surface area contributed by atoms with Crippen molar-refractivity contribution in [2.45, 2.75) is 31.4 Å². The van der Waals surface area contributed by atoms with Gasteiger partial charge in [0.2, 0.25) is 0 Å². The lowest BCUT2D eigenvalue weighted by atomic mass is 9.85. The molecule has 0 bridgehead atoms. The number of hydrogen-bond acceptors (Lipinski definition) is 4. The van der Waals surface area contributed by atoms with Crippen molar-refractivity contribution in [2.75, 3.05) is 26.2 Å². The van der Waals surface area contributed by atoms with Crippen LogP contribution in [-0.2, 0) is 10.3 Å². The van der Waals surface area contributed by atoms with E-state index in [1.165, 1.54) is 42.5 Å². The monoisotopic (exact) mass is 498 g/mol. The molecule has 0 aliphatic carbocycles. The smallest absolute Gasteiger partial charge is 0.411 e. The number of carbonyl (C=O) groups excluding carboxylic acids is 1. The zero-order valence-electron chi connectivity index (χ0n) is 20.0. The molecule has 3 aromatic rings. The third kappa shape index (κ3) is 5.55. The Labute approximate surface area is 208 Å². The van der Waals surface area contributed by atoms with E-state index >= 15 is 0 Å². The third-order valence-corrected chi connectivity index (χ3v) is 6.74. The predicted molar refractivity (Wildman–Crippen MR) is 131 cm³/mol. The van der Waals surface area contributed by atoms with Gasteiger partial charge in [-0.2, -0.15) is 0 Å². The third-order valence-electron chi connectivity index (χ3n) is 6.74. The number of cyclic esters (lactones) is 1. The van der Waals surface area contributed by atoms with Gasteiger partial charge in [-0.25, -0.2) is 18.0 Å². The molecule has 1 heterocycles. The van der Waals surface area contributed by atoms with Gasteiger partial charge in [0.05, 0.1) is 12.6 Å². The van der Waals surface area contributed by atoms with Crippen LogP contribution in [0.3, 0.4) is 0 Å². The number of ether oxygens (including phenoxy) is 1. The fourth-order valence-electron chi connectivity index (χ4n) is 4.63. The highest BCUT2D eigenvalue weighted by molar-refractivity contribution is 5.70. The lowest BCUT2D eigenvalue weighted by Crippen LogP contribution is -2.49. The molecule has 5 nitrogen and oxygen atoms in total. The van der Waals surface area contributed by atoms with Gasteiger partial charge >= 0.3 is 6.09 Å². The normalized spacial score (nSPS) is 18.7. The highest BCUT2D eigenvalue weighted by Gasteiger charge is 2.43. The zero-order chi connectivity index (χ0) is 25.7. The molecule has 2 N–H and O–H groups in total. The Morgan fingerprint density at radius 2 is 1.67 bits per heavy atom. The second kappa shape index (κ2) is 11.1. The van der Waals surface area contributed by atoms with Crippen LogP contribution in [0.5, 0.6) is 0 Å². The molecule has 1 aliphatic rings. The van der Waals surface area contributed by atoms with Crippen LogP contribution in [0.15, 0.2) is 66.7 Å². The topological polar surface area (TPSA) is 61.8 Å². The molecule has 1 saturated heterocycles. The second-order valence-corrected chi connectivity index (χ2v) is 8.96. The van der Waals surface area contributed by atoms with Gasteiger partial charge in [-0.3, -0.25) is 0 Å². The van der Waals surface area contributed by atoms with Crippen molar-refractivity contribution in [1.82, 2.24) is 10.2 Å². The van der Waals surface area contributed by atoms with E-state index in [2.05, 4.69) is 5.32 Å². The van der Waals surface area contributed by atoms with Crippen LogP contribution in [0.4, 0.5) is 18.0 Å². The zero-order valence-corrected chi connectivity index (χ0v) is 20.0. The molecule has 36 heavy (non-hydrogen) atoms. The summed E-state index contributed by atoms with van der Waals surface area (Å²) in [5.41, 5.74) is 1.27. The van der Waals surface area contributed by atoms with Crippen LogP contribution >= 0.6 is 0 Å². The summed E-state index contributed by atoms with van der Waals surface area (Å²) in [6, 6.07) is 15.8. The summed E-state index contributed by atoms with van der Waals surface area (Å²) in [7, 11) is 0. The molecule has 0 aromatic heterocycles. The van der Waals surface area contributed by atoms with Gasteiger partial charge in [0.15, 0.2) is 0 Å². The van der Waals surface area contributed by atoms with Crippen LogP contribution in [0.25, 0.3) is 11.1 Å². The van der Waals surface area contributed by atoms with Crippen molar-refractivity contribution in [1.29, 1.82) is 0 Å². The number of amides is 1. The minimum Gasteiger partial charge on any atom is -0.438 e. The molecule has 3 aromatic carbocycles. The molecule has 190 valence electrons. The number of aliphatic hydroxyl groups excluding tert-OH is 1. The standard InChI is InChI=1S/C28H29F3N2O3/c1-19(21-4-11-25(26(31)18-21)20-2-7-23(29)8-3-20)33-16-13-28(36-27(33)35,12-14-32-15-17-34)22-5-9-24(30)10-6-22/h2-11,18-19,32,34H,12-17H2,1H3/t19-,28+/m0/s1. The van der Waals surface area contributed by atoms with Crippen LogP contribution in [0.2, 0.25) is 0 Å². The fraction of sp³-hybridized carbons (Fsp3) is 0.321. The first-order chi connectivity index (χ1) is 17.3. The quantitative estimate of drug-likeness (QED) is 0.380. The summed E-state index contributed by atoms with van der Waals surface area (Å²) in [6.45, 7) is 3.07. The number of benzene rings is 3. The number of rotatable bonds is 9. The maximum atomic E-state index is 15.0. The average Bonchev–Trinajstić information content (AvgIpc) is 2.87. The Hall–Kier alpha value is -3.36. The molecule has 0 radical (unpaired) electrons. The Bertz CT molecular complexity index is 1190. The van der Waals surface area contributed by atoms with Crippen LogP contribution in [0, 0.1) is 17.5 Å². The van der Waals surface area contributed by atoms with E-state index in [9.17, 15) is 18.0 Å². The molecule has 0 unspecified atom stereocenters. The molecule has 8 heteroatoms. The van der Waals surface area contributed by atoms with Crippen LogP contribution in [0.1, 0.15) is 36.9 Å². The van der Waals surface area contributed by atoms with E-state index < -0.39 is 29.4 Å². The molecule has 1 aliphatic heterocycles. The maximum Gasteiger partial charge on any atom is 0.411 e. The van der Waals surface area contributed by atoms with Crippen molar-refractivity contribution in [3.63, 3.8) is 0 Å². The van der Waals surface area contributed by atoms with E-state index in [1.807, 2.05) is 0 Å². The molecular formula is C28H29F3N2O3. The minimum absolute atomic E-state index is 0.00879. The van der Waals surface area contributed by atoms with Gasteiger partial charge in [-0.1, -0.05) is 36.4 Å². The molecule has 2 atom stereocenters. The van der Waals surface area contributed by atoms with Crippen molar-refractivity contribution in [3.05, 3.63) is 95.3 Å². The van der Waals surface area contributed by atoms with Gasteiger partial charge < -0.3 is 20.1 Å². The molecule has 1 amide bonds. The summed E-state index contributed by atoms with van der Waals surface area (Å²) in [6.07, 6.45) is 0.377. The first-order valence-electron chi connectivity index (χ1n) is 12.0. The van der Waals surface area contributed by atoms with E-state index in [0.29, 0.717) is 54.7 Å². The number of carbonyl (C=O) groups is 1. The molecule has 4 rings (SSSR count). The Balaban J connectivity index is 1.52. The van der Waals surface area contributed by atoms with Gasteiger partial charge in [-0.05, 0) is 60.5 Å². The first-order valence-corrected chi connectivity index (χ1v) is 12.0. The average molecular weight is 499 g/mol. The Kier molecular flexibility index (Phi) is 7.96. The fourth-order valence-corrected chi connectivity index (χ4v) is 4.63. The van der Waals surface area contributed by atoms with Crippen molar-refractivity contribution in [2.24, 2.45) is 0 Å². The van der Waals surface area contributed by atoms with Crippen molar-refractivity contribution in [3.8, 4) is 11.1 Å². The van der Waals surface area contributed by atoms with E-state index in [0.717, 1.165) is 0 Å². The second-order valence-electron chi connectivity index (χ2n) is 8.96. The highest BCUT2D eigenvalue weighted by atomic mass is 19.1. The minimum atomic E-state index is -0.943. The summed E-state index contributed by atoms with van der Waals surface area (Å²) in [4.78, 5) is 14.7. The number of nitrogens with one attached hydrogen (secondary N) is 1. The summed E-state index contributed by atoms with van der Waals surface area (Å²) >= 11 is 0. The first kappa shape index (κ1) is 25.7. The highest BCUT2D eigenvalue weighted by Crippen LogP contribution is 2.40. The number of nitrogens with zero attached hydrogens (tertiary/aromatic N) is 1. The van der Waals surface area contributed by atoms with E-state index in [4.69, 9.17) is 9.84 Å². The molecule has 0 saturated carbocycles. The summed E-state index contributed by atoms with van der Waals surface area (Å²) < 4.78 is 47.7. The van der Waals surface area contributed by atoms with Crippen LogP contribution in [-0.4, -0.2) is 42.3 Å². The molecule has 1 fully saturated rings. The predicted octanol–water partition coefficient (Wildman–Crippen LogP) is 5.54. The van der Waals surface area contributed by atoms with Gasteiger partial charge in [-0.15, -0.1) is 0 Å². The summed E-state index contributed by atoms with van der Waals surface area (Å²) in [5, 5.41) is 12.1. The van der Waals surface area contributed by atoms with Crippen LogP contribution < -0.4 is 5.32 Å². The molecule has 0 spiro atoms. The lowest BCUT2D eigenvalue weighted by molar-refractivity contribution is -0.0651. The number of halogens is 3. The summed E-state index contributed by atoms with van der Waals surface area (Å²) in [5.74, 6) is -1.24. The van der Waals surface area contributed by atoms with E-state index in [1.54, 1.807) is 36.1 Å². The SMILES string of the molecule is C[C@@H](c1ccc(-c2ccc(F)cc2)c(F)c1)N1CC[C@](CCNCCO)(c2ccc(F)cc2)OC1=O. The van der Waals surface area contributed by atoms with Crippen molar-refractivity contribution < 1.29 is 27.8 Å². The maximum absolute atomic E-state index is 15.0. The molecular weight excluding hydrogens is 469 g/mol. The van der Waals surface area contributed by atoms with E-state index in [-0.39, 0.29) is 12.4 Å². The Morgan fingerprint density at radius 3 is 2.28 bits per heavy atom. The van der Waals surface area contributed by atoms with Gasteiger partial charge in [0, 0.05) is 31.5 Å². The van der Waals surface area contributed by atoms with Gasteiger partial charge in [0.25, 0.3) is 0 Å². The Morgan fingerprint density at radius 1 is 1.00 bits per heavy atom. The number of hydrogen-bond donors (Lipinski definition) is 2. The number of aliphatic hydroxyl groups is 1.